The van der Waals surface area contributed by atoms with Crippen LogP contribution in [0.25, 0.3) is 0 Å². The first kappa shape index (κ1) is 26.8. The largest absolute Gasteiger partial charge is 0.464 e. The first-order chi connectivity index (χ1) is 17.3. The zero-order valence-corrected chi connectivity index (χ0v) is 22.8. The fraction of sp³-hybridized carbons (Fsp3) is 0.423. The molecule has 1 spiro atoms. The number of halogens is 3. The molecule has 2 aromatic rings. The quantitative estimate of drug-likeness (QED) is 0.320. The highest BCUT2D eigenvalue weighted by Crippen LogP contribution is 2.49. The standard InChI is InChI=1S/C26H26BrCl2N3O4/c1-2-36-25(35)19(32-22-21(27)23(33)26(22)10-4-3-5-11-26)12-15-6-8-16(9-7-15)31-24(34)20-17(28)13-30-14-18(20)29/h6-9,13-14,19,21H,2-5,10-12H2,1H3,(H,31,34). The van der Waals surface area contributed by atoms with Gasteiger partial charge in [0.05, 0.1) is 27.6 Å². The first-order valence-electron chi connectivity index (χ1n) is 11.9. The van der Waals surface area contributed by atoms with Gasteiger partial charge in [-0.1, -0.05) is 70.5 Å². The lowest BCUT2D eigenvalue weighted by atomic mass is 9.58. The number of esters is 1. The smallest absolute Gasteiger partial charge is 0.331 e. The zero-order chi connectivity index (χ0) is 25.9. The first-order valence-corrected chi connectivity index (χ1v) is 13.6. The summed E-state index contributed by atoms with van der Waals surface area (Å²) in [5.41, 5.74) is 1.75. The van der Waals surface area contributed by atoms with Crippen molar-refractivity contribution in [3.8, 4) is 0 Å². The third-order valence-corrected chi connectivity index (χ3v) is 8.14. The van der Waals surface area contributed by atoms with Gasteiger partial charge in [0.25, 0.3) is 5.91 Å². The molecule has 0 saturated heterocycles. The van der Waals surface area contributed by atoms with Gasteiger partial charge in [0.15, 0.2) is 11.8 Å². The minimum Gasteiger partial charge on any atom is -0.464 e. The van der Waals surface area contributed by atoms with Crippen LogP contribution in [0, 0.1) is 5.41 Å². The maximum absolute atomic E-state index is 12.8. The molecule has 2 unspecified atom stereocenters. The Labute approximate surface area is 228 Å². The third kappa shape index (κ3) is 5.36. The molecule has 0 aliphatic heterocycles. The predicted octanol–water partition coefficient (Wildman–Crippen LogP) is 5.85. The van der Waals surface area contributed by atoms with E-state index in [4.69, 9.17) is 32.9 Å². The van der Waals surface area contributed by atoms with Crippen LogP contribution in [-0.2, 0) is 20.7 Å². The minimum absolute atomic E-state index is 0.145. The summed E-state index contributed by atoms with van der Waals surface area (Å²) in [6.45, 7) is 2.00. The van der Waals surface area contributed by atoms with Crippen molar-refractivity contribution in [2.45, 2.75) is 56.3 Å². The summed E-state index contributed by atoms with van der Waals surface area (Å²) in [6, 6.07) is 6.32. The molecule has 1 aromatic carbocycles. The number of nitrogens with zero attached hydrogens (tertiary/aromatic N) is 2. The van der Waals surface area contributed by atoms with Crippen LogP contribution < -0.4 is 5.32 Å². The number of Topliss-reactive ketones (excluding diaryl/α,β-unsaturated/α-hetero) is 1. The van der Waals surface area contributed by atoms with Gasteiger partial charge in [-0.05, 0) is 37.5 Å². The van der Waals surface area contributed by atoms with E-state index in [1.165, 1.54) is 12.4 Å². The van der Waals surface area contributed by atoms with Crippen LogP contribution >= 0.6 is 39.1 Å². The number of aromatic nitrogens is 1. The van der Waals surface area contributed by atoms with Crippen LogP contribution in [0.2, 0.25) is 10.0 Å². The molecule has 190 valence electrons. The molecular weight excluding hydrogens is 569 g/mol. The highest BCUT2D eigenvalue weighted by molar-refractivity contribution is 9.10. The molecule has 36 heavy (non-hydrogen) atoms. The number of benzene rings is 1. The van der Waals surface area contributed by atoms with Gasteiger partial charge in [-0.15, -0.1) is 0 Å². The van der Waals surface area contributed by atoms with Crippen LogP contribution in [0.15, 0.2) is 41.7 Å². The molecular formula is C26H26BrCl2N3O4. The number of ether oxygens (including phenoxy) is 1. The monoisotopic (exact) mass is 593 g/mol. The van der Waals surface area contributed by atoms with E-state index >= 15 is 0 Å². The molecule has 2 fully saturated rings. The molecule has 2 aliphatic carbocycles. The van der Waals surface area contributed by atoms with Crippen molar-refractivity contribution >= 4 is 68.2 Å². The number of hydrogen-bond donors (Lipinski definition) is 1. The number of carbonyl (C=O) groups is 3. The molecule has 10 heteroatoms. The summed E-state index contributed by atoms with van der Waals surface area (Å²) >= 11 is 15.6. The number of carbonyl (C=O) groups excluding carboxylic acids is 3. The van der Waals surface area contributed by atoms with Crippen molar-refractivity contribution in [1.82, 2.24) is 4.98 Å². The Kier molecular flexibility index (Phi) is 8.48. The van der Waals surface area contributed by atoms with Gasteiger partial charge in [-0.3, -0.25) is 19.6 Å². The topological polar surface area (TPSA) is 97.7 Å². The summed E-state index contributed by atoms with van der Waals surface area (Å²) < 4.78 is 5.30. The summed E-state index contributed by atoms with van der Waals surface area (Å²) in [4.78, 5) is 46.4. The number of nitrogens with one attached hydrogen (secondary N) is 1. The number of rotatable bonds is 7. The Morgan fingerprint density at radius 3 is 2.42 bits per heavy atom. The van der Waals surface area contributed by atoms with Gasteiger partial charge in [-0.2, -0.15) is 0 Å². The van der Waals surface area contributed by atoms with E-state index in [1.807, 2.05) is 12.1 Å². The van der Waals surface area contributed by atoms with Gasteiger partial charge in [0.2, 0.25) is 0 Å². The van der Waals surface area contributed by atoms with Gasteiger partial charge >= 0.3 is 5.97 Å². The molecule has 4 rings (SSSR count). The van der Waals surface area contributed by atoms with Crippen molar-refractivity contribution < 1.29 is 19.1 Å². The number of pyridine rings is 1. The molecule has 1 heterocycles. The van der Waals surface area contributed by atoms with E-state index in [0.29, 0.717) is 12.1 Å². The lowest BCUT2D eigenvalue weighted by Crippen LogP contribution is -2.61. The van der Waals surface area contributed by atoms with Crippen molar-refractivity contribution in [2.75, 3.05) is 11.9 Å². The normalized spacial score (nSPS) is 20.6. The van der Waals surface area contributed by atoms with E-state index in [1.54, 1.807) is 19.1 Å². The average Bonchev–Trinajstić information content (AvgIpc) is 2.87. The second kappa shape index (κ2) is 11.4. The molecule has 2 saturated carbocycles. The highest BCUT2D eigenvalue weighted by Gasteiger charge is 2.58. The second-order valence-corrected chi connectivity index (χ2v) is 10.7. The fourth-order valence-corrected chi connectivity index (χ4v) is 6.39. The maximum Gasteiger partial charge on any atom is 0.331 e. The Balaban J connectivity index is 1.51. The fourth-order valence-electron chi connectivity index (χ4n) is 4.86. The van der Waals surface area contributed by atoms with E-state index in [0.717, 1.165) is 43.4 Å². The SMILES string of the molecule is CCOC(=O)C(Cc1ccc(NC(=O)c2c(Cl)cncc2Cl)cc1)N=C1C(Br)C(=O)C12CCCCC2. The van der Waals surface area contributed by atoms with Crippen molar-refractivity contribution in [1.29, 1.82) is 0 Å². The van der Waals surface area contributed by atoms with E-state index in [2.05, 4.69) is 26.2 Å². The lowest BCUT2D eigenvalue weighted by Gasteiger charge is -2.47. The van der Waals surface area contributed by atoms with Gasteiger partial charge < -0.3 is 10.1 Å². The summed E-state index contributed by atoms with van der Waals surface area (Å²) in [6.07, 6.45) is 7.65. The second-order valence-electron chi connectivity index (χ2n) is 8.99. The average molecular weight is 595 g/mol. The molecule has 2 atom stereocenters. The van der Waals surface area contributed by atoms with Gasteiger partial charge in [0, 0.05) is 30.2 Å². The van der Waals surface area contributed by atoms with Crippen molar-refractivity contribution in [3.05, 3.63) is 57.8 Å². The third-order valence-electron chi connectivity index (χ3n) is 6.71. The Morgan fingerprint density at radius 1 is 1.17 bits per heavy atom. The summed E-state index contributed by atoms with van der Waals surface area (Å²) in [7, 11) is 0. The molecule has 0 radical (unpaired) electrons. The van der Waals surface area contributed by atoms with Crippen LogP contribution in [-0.4, -0.2) is 45.8 Å². The molecule has 0 bridgehead atoms. The number of amides is 1. The molecule has 7 nitrogen and oxygen atoms in total. The van der Waals surface area contributed by atoms with E-state index in [-0.39, 0.29) is 28.0 Å². The predicted molar refractivity (Wildman–Crippen MR) is 143 cm³/mol. The molecule has 2 aliphatic rings. The van der Waals surface area contributed by atoms with Gasteiger partial charge in [-0.25, -0.2) is 4.79 Å². The van der Waals surface area contributed by atoms with Crippen molar-refractivity contribution in [3.63, 3.8) is 0 Å². The summed E-state index contributed by atoms with van der Waals surface area (Å²) in [5.74, 6) is -0.709. The molecule has 1 amide bonds. The Bertz CT molecular complexity index is 1180. The van der Waals surface area contributed by atoms with E-state index in [9.17, 15) is 14.4 Å². The van der Waals surface area contributed by atoms with Crippen LogP contribution in [0.3, 0.4) is 0 Å². The summed E-state index contributed by atoms with van der Waals surface area (Å²) in [5, 5.41) is 3.08. The molecule has 1 aromatic heterocycles. The van der Waals surface area contributed by atoms with E-state index < -0.39 is 28.2 Å². The van der Waals surface area contributed by atoms with Crippen LogP contribution in [0.4, 0.5) is 5.69 Å². The number of anilines is 1. The van der Waals surface area contributed by atoms with Crippen LogP contribution in [0.5, 0.6) is 0 Å². The van der Waals surface area contributed by atoms with Gasteiger partial charge in [0.1, 0.15) is 4.83 Å². The lowest BCUT2D eigenvalue weighted by molar-refractivity contribution is -0.144. The molecule has 1 N–H and O–H groups in total. The maximum atomic E-state index is 12.8. The van der Waals surface area contributed by atoms with Crippen LogP contribution in [0.1, 0.15) is 54.9 Å². The Hall–Kier alpha value is -2.29. The number of aliphatic imine (C=N–C) groups is 1. The Morgan fingerprint density at radius 2 is 1.81 bits per heavy atom. The highest BCUT2D eigenvalue weighted by atomic mass is 79.9. The van der Waals surface area contributed by atoms with Crippen molar-refractivity contribution in [2.24, 2.45) is 10.4 Å². The number of ketones is 1. The number of hydrogen-bond acceptors (Lipinski definition) is 6. The minimum atomic E-state index is -0.762. The zero-order valence-electron chi connectivity index (χ0n) is 19.7. The number of alkyl halides is 1.